The molecule has 0 atom stereocenters. The first kappa shape index (κ1) is 19.5. The van der Waals surface area contributed by atoms with Crippen molar-refractivity contribution in [3.05, 3.63) is 69.8 Å². The summed E-state index contributed by atoms with van der Waals surface area (Å²) in [6.45, 7) is 6.90. The van der Waals surface area contributed by atoms with Crippen LogP contribution in [0, 0.1) is 13.8 Å². The third-order valence-electron chi connectivity index (χ3n) is 5.42. The van der Waals surface area contributed by atoms with E-state index in [0.717, 1.165) is 34.3 Å². The summed E-state index contributed by atoms with van der Waals surface area (Å²) >= 11 is 1.31. The summed E-state index contributed by atoms with van der Waals surface area (Å²) in [5, 5.41) is 3.20. The van der Waals surface area contributed by atoms with Crippen LogP contribution in [0.3, 0.4) is 0 Å². The van der Waals surface area contributed by atoms with E-state index in [4.69, 9.17) is 0 Å². The summed E-state index contributed by atoms with van der Waals surface area (Å²) in [7, 11) is 1.71. The van der Waals surface area contributed by atoms with Gasteiger partial charge in [-0.05, 0) is 49.7 Å². The molecule has 0 aliphatic carbocycles. The molecule has 0 radical (unpaired) electrons. The average molecular weight is 406 g/mol. The highest BCUT2D eigenvalue weighted by molar-refractivity contribution is 7.99. The number of Topliss-reactive ketones (excluding diaryl/α,β-unsaturated/α-hetero) is 1. The minimum absolute atomic E-state index is 0.0515. The summed E-state index contributed by atoms with van der Waals surface area (Å²) in [5.41, 5.74) is 3.38. The number of thioether (sulfide) groups is 1. The molecule has 0 saturated heterocycles. The Morgan fingerprint density at radius 3 is 2.45 bits per heavy atom. The van der Waals surface area contributed by atoms with Crippen molar-refractivity contribution in [1.82, 2.24) is 14.1 Å². The van der Waals surface area contributed by atoms with Crippen molar-refractivity contribution < 1.29 is 4.79 Å². The number of carbonyl (C=O) groups is 1. The van der Waals surface area contributed by atoms with E-state index >= 15 is 0 Å². The molecule has 0 unspecified atom stereocenters. The van der Waals surface area contributed by atoms with E-state index in [1.807, 2.05) is 56.3 Å². The first-order valence-corrected chi connectivity index (χ1v) is 10.6. The molecule has 0 bridgehead atoms. The van der Waals surface area contributed by atoms with Gasteiger partial charge in [-0.3, -0.25) is 14.2 Å². The van der Waals surface area contributed by atoms with E-state index in [1.54, 1.807) is 7.05 Å². The number of carbonyl (C=O) groups excluding carboxylic acids is 1. The van der Waals surface area contributed by atoms with Crippen molar-refractivity contribution in [2.24, 2.45) is 7.05 Å². The van der Waals surface area contributed by atoms with Crippen LogP contribution in [0.2, 0.25) is 0 Å². The van der Waals surface area contributed by atoms with Crippen molar-refractivity contribution in [1.29, 1.82) is 0 Å². The van der Waals surface area contributed by atoms with Crippen molar-refractivity contribution >= 4 is 39.2 Å². The van der Waals surface area contributed by atoms with Crippen molar-refractivity contribution in [3.8, 4) is 0 Å². The van der Waals surface area contributed by atoms with Gasteiger partial charge in [-0.2, -0.15) is 0 Å². The Bertz CT molecular complexity index is 1320. The van der Waals surface area contributed by atoms with E-state index in [0.29, 0.717) is 16.1 Å². The van der Waals surface area contributed by atoms with Crippen LogP contribution in [-0.4, -0.2) is 25.7 Å². The molecule has 5 nitrogen and oxygen atoms in total. The van der Waals surface area contributed by atoms with Crippen LogP contribution >= 0.6 is 11.8 Å². The number of benzene rings is 2. The van der Waals surface area contributed by atoms with Crippen molar-refractivity contribution in [2.45, 2.75) is 32.5 Å². The topological polar surface area (TPSA) is 56.9 Å². The summed E-state index contributed by atoms with van der Waals surface area (Å²) in [6.07, 6.45) is 0. The number of nitrogens with zero attached hydrogens (tertiary/aromatic N) is 3. The van der Waals surface area contributed by atoms with Gasteiger partial charge in [-0.1, -0.05) is 36.0 Å². The minimum Gasteiger partial charge on any atom is -0.349 e. The molecule has 0 fully saturated rings. The fourth-order valence-electron chi connectivity index (χ4n) is 3.84. The summed E-state index contributed by atoms with van der Waals surface area (Å²) < 4.78 is 3.66. The molecule has 0 aliphatic rings. The number of ketones is 1. The second-order valence-electron chi connectivity index (χ2n) is 7.22. The Morgan fingerprint density at radius 2 is 1.79 bits per heavy atom. The average Bonchev–Trinajstić information content (AvgIpc) is 3.01. The molecule has 4 rings (SSSR count). The van der Waals surface area contributed by atoms with Gasteiger partial charge in [0.1, 0.15) is 0 Å². The highest BCUT2D eigenvalue weighted by Crippen LogP contribution is 2.24. The lowest BCUT2D eigenvalue weighted by Crippen LogP contribution is -2.20. The van der Waals surface area contributed by atoms with Gasteiger partial charge in [-0.15, -0.1) is 0 Å². The summed E-state index contributed by atoms with van der Waals surface area (Å²) in [6, 6.07) is 13.7. The first-order valence-electron chi connectivity index (χ1n) is 9.63. The normalized spacial score (nSPS) is 11.4. The largest absolute Gasteiger partial charge is 0.349 e. The summed E-state index contributed by atoms with van der Waals surface area (Å²) in [4.78, 5) is 30.4. The van der Waals surface area contributed by atoms with Crippen LogP contribution in [0.4, 0.5) is 0 Å². The number of aromatic nitrogens is 3. The third kappa shape index (κ3) is 3.38. The van der Waals surface area contributed by atoms with Gasteiger partial charge in [0, 0.05) is 30.5 Å². The van der Waals surface area contributed by atoms with Crippen LogP contribution in [-0.2, 0) is 13.6 Å². The van der Waals surface area contributed by atoms with Crippen LogP contribution in [0.5, 0.6) is 0 Å². The molecular weight excluding hydrogens is 382 g/mol. The zero-order valence-corrected chi connectivity index (χ0v) is 17.8. The molecule has 0 saturated carbocycles. The smallest absolute Gasteiger partial charge is 0.261 e. The Kier molecular flexibility index (Phi) is 5.04. The molecule has 6 heteroatoms. The van der Waals surface area contributed by atoms with Crippen molar-refractivity contribution in [3.63, 3.8) is 0 Å². The molecule has 2 aromatic heterocycles. The maximum Gasteiger partial charge on any atom is 0.261 e. The number of hydrogen-bond donors (Lipinski definition) is 0. The van der Waals surface area contributed by atoms with Gasteiger partial charge in [0.05, 0.1) is 16.7 Å². The Balaban J connectivity index is 1.67. The second kappa shape index (κ2) is 7.52. The molecule has 2 heterocycles. The van der Waals surface area contributed by atoms with Crippen molar-refractivity contribution in [2.75, 3.05) is 5.75 Å². The molecule has 2 aromatic carbocycles. The zero-order valence-electron chi connectivity index (χ0n) is 17.0. The first-order chi connectivity index (χ1) is 13.9. The molecule has 148 valence electrons. The van der Waals surface area contributed by atoms with E-state index in [-0.39, 0.29) is 17.1 Å². The highest BCUT2D eigenvalue weighted by atomic mass is 32.2. The highest BCUT2D eigenvalue weighted by Gasteiger charge is 2.17. The quantitative estimate of drug-likeness (QED) is 0.212. The van der Waals surface area contributed by atoms with Gasteiger partial charge < -0.3 is 4.57 Å². The third-order valence-corrected chi connectivity index (χ3v) is 6.45. The summed E-state index contributed by atoms with van der Waals surface area (Å²) in [5.74, 6) is 0.295. The predicted octanol–water partition coefficient (Wildman–Crippen LogP) is 4.50. The van der Waals surface area contributed by atoms with Gasteiger partial charge in [0.25, 0.3) is 5.56 Å². The van der Waals surface area contributed by atoms with E-state index in [2.05, 4.69) is 16.5 Å². The Labute approximate surface area is 173 Å². The molecule has 29 heavy (non-hydrogen) atoms. The van der Waals surface area contributed by atoms with Crippen LogP contribution in [0.1, 0.15) is 28.7 Å². The Hall–Kier alpha value is -2.86. The van der Waals surface area contributed by atoms with Gasteiger partial charge in [0.2, 0.25) is 0 Å². The molecule has 0 N–H and O–H groups in total. The van der Waals surface area contributed by atoms with E-state index in [1.165, 1.54) is 16.3 Å². The zero-order chi connectivity index (χ0) is 20.7. The lowest BCUT2D eigenvalue weighted by molar-refractivity contribution is 0.102. The SMILES string of the molecule is CCn1c(C)cc(C(=O)CSc2nc3cc4ccccc4cc3c(=O)n2C)c1C. The van der Waals surface area contributed by atoms with Crippen LogP contribution in [0.25, 0.3) is 21.7 Å². The number of rotatable bonds is 5. The molecule has 4 aromatic rings. The van der Waals surface area contributed by atoms with E-state index in [9.17, 15) is 9.59 Å². The number of aryl methyl sites for hydroxylation is 1. The fourth-order valence-corrected chi connectivity index (χ4v) is 4.70. The fraction of sp³-hybridized carbons (Fsp3) is 0.261. The van der Waals surface area contributed by atoms with Gasteiger partial charge >= 0.3 is 0 Å². The maximum atomic E-state index is 12.9. The number of fused-ring (bicyclic) bond motifs is 2. The molecular formula is C23H23N3O2S. The lowest BCUT2D eigenvalue weighted by Gasteiger charge is -2.10. The number of hydrogen-bond acceptors (Lipinski definition) is 4. The Morgan fingerprint density at radius 1 is 1.10 bits per heavy atom. The predicted molar refractivity (Wildman–Crippen MR) is 119 cm³/mol. The van der Waals surface area contributed by atoms with E-state index < -0.39 is 0 Å². The van der Waals surface area contributed by atoms with Crippen LogP contribution < -0.4 is 5.56 Å². The molecule has 0 spiro atoms. The molecule has 0 amide bonds. The van der Waals surface area contributed by atoms with Gasteiger partial charge in [-0.25, -0.2) is 4.98 Å². The standard InChI is InChI=1S/C23H23N3O2S/c1-5-26-14(2)10-18(15(26)3)21(27)13-29-23-24-20-12-17-9-7-6-8-16(17)11-19(20)22(28)25(23)4/h6-12H,5,13H2,1-4H3. The lowest BCUT2D eigenvalue weighted by atomic mass is 10.1. The van der Waals surface area contributed by atoms with Crippen LogP contribution in [0.15, 0.2) is 52.4 Å². The second-order valence-corrected chi connectivity index (χ2v) is 8.16. The monoisotopic (exact) mass is 405 g/mol. The minimum atomic E-state index is -0.0973. The van der Waals surface area contributed by atoms with Gasteiger partial charge in [0.15, 0.2) is 10.9 Å². The molecule has 0 aliphatic heterocycles. The maximum absolute atomic E-state index is 12.9.